The highest BCUT2D eigenvalue weighted by atomic mass is 35.5. The van der Waals surface area contributed by atoms with Gasteiger partial charge in [0.15, 0.2) is 5.16 Å². The molecule has 1 heterocycles. The molecule has 0 fully saturated rings. The summed E-state index contributed by atoms with van der Waals surface area (Å²) in [5.74, 6) is 0.135. The van der Waals surface area contributed by atoms with Crippen molar-refractivity contribution in [2.45, 2.75) is 17.0 Å². The van der Waals surface area contributed by atoms with Gasteiger partial charge >= 0.3 is 0 Å². The Labute approximate surface area is 102 Å². The van der Waals surface area contributed by atoms with Crippen LogP contribution in [0.3, 0.4) is 0 Å². The fraction of sp³-hybridized carbons (Fsp3) is 0.100. The van der Waals surface area contributed by atoms with Crippen LogP contribution in [0, 0.1) is 6.92 Å². The molecule has 1 aromatic carbocycles. The molecule has 0 atom stereocenters. The number of halogens is 1. The van der Waals surface area contributed by atoms with Crippen LogP contribution >= 0.6 is 23.4 Å². The predicted molar refractivity (Wildman–Crippen MR) is 64.6 cm³/mol. The first-order valence-corrected chi connectivity index (χ1v) is 5.75. The molecule has 0 bridgehead atoms. The van der Waals surface area contributed by atoms with E-state index in [0.29, 0.717) is 5.16 Å². The highest BCUT2D eigenvalue weighted by Crippen LogP contribution is 2.27. The van der Waals surface area contributed by atoms with Gasteiger partial charge in [-0.3, -0.25) is 0 Å². The molecule has 0 spiro atoms. The highest BCUT2D eigenvalue weighted by Gasteiger charge is 2.06. The molecule has 82 valence electrons. The minimum absolute atomic E-state index is 0.114. The summed E-state index contributed by atoms with van der Waals surface area (Å²) in [6.45, 7) is 2.02. The molecule has 0 aliphatic heterocycles. The maximum absolute atomic E-state index is 5.70. The molecule has 2 aromatic rings. The number of nitrogens with zero attached hydrogens (tertiary/aromatic N) is 3. The summed E-state index contributed by atoms with van der Waals surface area (Å²) in [5, 5.41) is 0.621. The molecule has 0 aliphatic rings. The number of anilines is 1. The standard InChI is InChI=1S/C10H9ClN4S/c1-6-4-2-3-5-7(6)16-10-14-8(11)13-9(12)15-10/h2-5H,1H3,(H2,12,13,14,15). The maximum Gasteiger partial charge on any atom is 0.228 e. The van der Waals surface area contributed by atoms with Crippen molar-refractivity contribution < 1.29 is 0 Å². The topological polar surface area (TPSA) is 64.7 Å². The third-order valence-electron chi connectivity index (χ3n) is 1.90. The number of nitrogens with two attached hydrogens (primary N) is 1. The molecule has 0 saturated carbocycles. The van der Waals surface area contributed by atoms with Gasteiger partial charge in [0.1, 0.15) is 0 Å². The highest BCUT2D eigenvalue weighted by molar-refractivity contribution is 7.99. The Bertz CT molecular complexity index is 498. The number of benzene rings is 1. The van der Waals surface area contributed by atoms with Gasteiger partial charge in [0.05, 0.1) is 0 Å². The molecule has 2 rings (SSSR count). The van der Waals surface area contributed by atoms with Crippen LogP contribution in [-0.2, 0) is 0 Å². The lowest BCUT2D eigenvalue weighted by Crippen LogP contribution is -1.99. The van der Waals surface area contributed by atoms with Gasteiger partial charge in [-0.15, -0.1) is 0 Å². The number of aryl methyl sites for hydroxylation is 1. The van der Waals surface area contributed by atoms with E-state index in [1.807, 2.05) is 31.2 Å². The van der Waals surface area contributed by atoms with Crippen molar-refractivity contribution in [3.63, 3.8) is 0 Å². The number of hydrogen-bond donors (Lipinski definition) is 1. The number of aromatic nitrogens is 3. The largest absolute Gasteiger partial charge is 0.368 e. The third-order valence-corrected chi connectivity index (χ3v) is 3.11. The van der Waals surface area contributed by atoms with E-state index in [1.54, 1.807) is 0 Å². The second kappa shape index (κ2) is 4.67. The van der Waals surface area contributed by atoms with E-state index < -0.39 is 0 Å². The molecule has 1 aromatic heterocycles. The summed E-state index contributed by atoms with van der Waals surface area (Å²) in [6.07, 6.45) is 0. The minimum atomic E-state index is 0.114. The van der Waals surface area contributed by atoms with Gasteiger partial charge in [-0.05, 0) is 41.9 Å². The molecular weight excluding hydrogens is 244 g/mol. The first kappa shape index (κ1) is 11.2. The second-order valence-electron chi connectivity index (χ2n) is 3.11. The van der Waals surface area contributed by atoms with Crippen LogP contribution in [0.25, 0.3) is 0 Å². The molecular formula is C10H9ClN4S. The van der Waals surface area contributed by atoms with Crippen LogP contribution in [0.5, 0.6) is 0 Å². The van der Waals surface area contributed by atoms with E-state index in [9.17, 15) is 0 Å². The van der Waals surface area contributed by atoms with E-state index in [-0.39, 0.29) is 11.2 Å². The van der Waals surface area contributed by atoms with Crippen LogP contribution in [0.4, 0.5) is 5.95 Å². The van der Waals surface area contributed by atoms with Crippen LogP contribution < -0.4 is 5.73 Å². The van der Waals surface area contributed by atoms with Crippen molar-refractivity contribution in [2.24, 2.45) is 0 Å². The van der Waals surface area contributed by atoms with Crippen LogP contribution in [-0.4, -0.2) is 15.0 Å². The molecule has 0 unspecified atom stereocenters. The van der Waals surface area contributed by atoms with E-state index in [1.165, 1.54) is 11.8 Å². The zero-order valence-corrected chi connectivity index (χ0v) is 10.1. The van der Waals surface area contributed by atoms with Gasteiger partial charge in [0, 0.05) is 4.90 Å². The van der Waals surface area contributed by atoms with E-state index in [2.05, 4.69) is 15.0 Å². The van der Waals surface area contributed by atoms with E-state index >= 15 is 0 Å². The van der Waals surface area contributed by atoms with Crippen LogP contribution in [0.2, 0.25) is 5.28 Å². The average Bonchev–Trinajstić information content (AvgIpc) is 2.20. The minimum Gasteiger partial charge on any atom is -0.368 e. The van der Waals surface area contributed by atoms with E-state index in [0.717, 1.165) is 10.5 Å². The summed E-state index contributed by atoms with van der Waals surface area (Å²) >= 11 is 7.12. The normalized spacial score (nSPS) is 10.4. The lowest BCUT2D eigenvalue weighted by molar-refractivity contribution is 0.916. The number of hydrogen-bond acceptors (Lipinski definition) is 5. The second-order valence-corrected chi connectivity index (χ2v) is 4.46. The summed E-state index contributed by atoms with van der Waals surface area (Å²) < 4.78 is 0. The summed E-state index contributed by atoms with van der Waals surface area (Å²) in [6, 6.07) is 7.96. The molecule has 0 amide bonds. The maximum atomic E-state index is 5.70. The molecule has 6 heteroatoms. The Hall–Kier alpha value is -1.33. The van der Waals surface area contributed by atoms with Gasteiger partial charge < -0.3 is 5.73 Å². The van der Waals surface area contributed by atoms with Crippen molar-refractivity contribution >= 4 is 29.3 Å². The fourth-order valence-electron chi connectivity index (χ4n) is 1.16. The molecule has 0 radical (unpaired) electrons. The van der Waals surface area contributed by atoms with E-state index in [4.69, 9.17) is 17.3 Å². The third kappa shape index (κ3) is 2.62. The van der Waals surface area contributed by atoms with Crippen molar-refractivity contribution in [3.05, 3.63) is 35.1 Å². The number of rotatable bonds is 2. The number of nitrogen functional groups attached to an aromatic ring is 1. The van der Waals surface area contributed by atoms with Gasteiger partial charge in [0.2, 0.25) is 11.2 Å². The molecule has 2 N–H and O–H groups in total. The first-order valence-electron chi connectivity index (χ1n) is 4.55. The predicted octanol–water partition coefficient (Wildman–Crippen LogP) is 2.57. The monoisotopic (exact) mass is 252 g/mol. The Morgan fingerprint density at radius 2 is 1.94 bits per heavy atom. The first-order chi connectivity index (χ1) is 7.65. The zero-order valence-electron chi connectivity index (χ0n) is 8.51. The van der Waals surface area contributed by atoms with Crippen molar-refractivity contribution in [1.82, 2.24) is 15.0 Å². The van der Waals surface area contributed by atoms with Gasteiger partial charge in [-0.2, -0.15) is 15.0 Å². The SMILES string of the molecule is Cc1ccccc1Sc1nc(N)nc(Cl)n1. The summed E-state index contributed by atoms with van der Waals surface area (Å²) in [5.41, 5.74) is 6.65. The lowest BCUT2D eigenvalue weighted by Gasteiger charge is -2.03. The van der Waals surface area contributed by atoms with Gasteiger partial charge in [0.25, 0.3) is 0 Å². The summed E-state index contributed by atoms with van der Waals surface area (Å²) in [4.78, 5) is 12.8. The van der Waals surface area contributed by atoms with Crippen molar-refractivity contribution in [2.75, 3.05) is 5.73 Å². The van der Waals surface area contributed by atoms with Crippen molar-refractivity contribution in [3.8, 4) is 0 Å². The Kier molecular flexibility index (Phi) is 3.26. The van der Waals surface area contributed by atoms with Crippen molar-refractivity contribution in [1.29, 1.82) is 0 Å². The zero-order chi connectivity index (χ0) is 11.5. The molecule has 16 heavy (non-hydrogen) atoms. The quantitative estimate of drug-likeness (QED) is 0.890. The Balaban J connectivity index is 2.30. The molecule has 0 saturated heterocycles. The molecule has 0 aliphatic carbocycles. The Morgan fingerprint density at radius 3 is 2.62 bits per heavy atom. The average molecular weight is 253 g/mol. The lowest BCUT2D eigenvalue weighted by atomic mass is 10.2. The van der Waals surface area contributed by atoms with Crippen LogP contribution in [0.1, 0.15) is 5.56 Å². The smallest absolute Gasteiger partial charge is 0.228 e. The van der Waals surface area contributed by atoms with Crippen LogP contribution in [0.15, 0.2) is 34.3 Å². The van der Waals surface area contributed by atoms with Gasteiger partial charge in [-0.1, -0.05) is 18.2 Å². The molecule has 4 nitrogen and oxygen atoms in total. The summed E-state index contributed by atoms with van der Waals surface area (Å²) in [7, 11) is 0. The fourth-order valence-corrected chi connectivity index (χ4v) is 2.22. The van der Waals surface area contributed by atoms with Gasteiger partial charge in [-0.25, -0.2) is 0 Å². The Morgan fingerprint density at radius 1 is 1.19 bits per heavy atom.